The monoisotopic (exact) mass is 229 g/mol. The van der Waals surface area contributed by atoms with Gasteiger partial charge in [0.1, 0.15) is 6.61 Å². The Morgan fingerprint density at radius 2 is 2.12 bits per heavy atom. The van der Waals surface area contributed by atoms with Crippen molar-refractivity contribution in [3.8, 4) is 0 Å². The minimum absolute atomic E-state index is 0.0395. The van der Waals surface area contributed by atoms with Gasteiger partial charge in [-0.15, -0.1) is 0 Å². The quantitative estimate of drug-likeness (QED) is 0.677. The van der Waals surface area contributed by atoms with Crippen molar-refractivity contribution in [1.29, 1.82) is 0 Å². The third-order valence-corrected chi connectivity index (χ3v) is 2.93. The molecule has 0 bridgehead atoms. The molecular weight excluding hydrogens is 210 g/mol. The first kappa shape index (κ1) is 13.0. The zero-order valence-electron chi connectivity index (χ0n) is 9.81. The van der Waals surface area contributed by atoms with Crippen LogP contribution in [0, 0.1) is 11.8 Å². The maximum atomic E-state index is 11.5. The van der Waals surface area contributed by atoms with Crippen molar-refractivity contribution in [3.63, 3.8) is 0 Å². The molecule has 16 heavy (non-hydrogen) atoms. The van der Waals surface area contributed by atoms with E-state index in [9.17, 15) is 9.59 Å². The molecule has 1 heterocycles. The fourth-order valence-electron chi connectivity index (χ4n) is 1.63. The van der Waals surface area contributed by atoms with E-state index in [1.807, 2.05) is 6.92 Å². The molecule has 1 aliphatic heterocycles. The number of carboxylic acids is 1. The topological polar surface area (TPSA) is 66.8 Å². The number of carbonyl (C=O) groups excluding carboxylic acids is 1. The maximum absolute atomic E-state index is 11.5. The van der Waals surface area contributed by atoms with Gasteiger partial charge in [0.25, 0.3) is 0 Å². The highest BCUT2D eigenvalue weighted by Crippen LogP contribution is 2.23. The summed E-state index contributed by atoms with van der Waals surface area (Å²) in [6, 6.07) is 0. The van der Waals surface area contributed by atoms with Crippen LogP contribution in [-0.2, 0) is 14.3 Å². The number of carbonyl (C=O) groups is 2. The van der Waals surface area contributed by atoms with Gasteiger partial charge in [0.15, 0.2) is 0 Å². The molecule has 1 N–H and O–H groups in total. The van der Waals surface area contributed by atoms with E-state index in [1.54, 1.807) is 11.8 Å². The van der Waals surface area contributed by atoms with Crippen LogP contribution < -0.4 is 0 Å². The first-order valence-corrected chi connectivity index (χ1v) is 5.64. The lowest BCUT2D eigenvalue weighted by molar-refractivity contribution is -0.152. The Kier molecular flexibility index (Phi) is 4.73. The number of carboxylic acid groups (broad SMARTS) is 1. The lowest BCUT2D eigenvalue weighted by Crippen LogP contribution is -2.54. The molecule has 1 atom stereocenters. The summed E-state index contributed by atoms with van der Waals surface area (Å²) in [5.74, 6) is -1.12. The van der Waals surface area contributed by atoms with Crippen LogP contribution in [0.25, 0.3) is 0 Å². The van der Waals surface area contributed by atoms with Crippen molar-refractivity contribution in [2.75, 3.05) is 26.3 Å². The van der Waals surface area contributed by atoms with Crippen molar-refractivity contribution in [1.82, 2.24) is 4.90 Å². The molecule has 0 spiro atoms. The molecule has 92 valence electrons. The van der Waals surface area contributed by atoms with E-state index in [1.165, 1.54) is 0 Å². The van der Waals surface area contributed by atoms with E-state index in [0.717, 1.165) is 6.42 Å². The predicted molar refractivity (Wildman–Crippen MR) is 58.0 cm³/mol. The van der Waals surface area contributed by atoms with E-state index in [0.29, 0.717) is 19.7 Å². The highest BCUT2D eigenvalue weighted by molar-refractivity contribution is 5.79. The zero-order chi connectivity index (χ0) is 12.1. The Morgan fingerprint density at radius 3 is 2.62 bits per heavy atom. The molecule has 0 radical (unpaired) electrons. The second-order valence-corrected chi connectivity index (χ2v) is 4.24. The molecule has 1 unspecified atom stereocenters. The number of aliphatic carboxylic acids is 1. The van der Waals surface area contributed by atoms with Gasteiger partial charge < -0.3 is 14.7 Å². The molecule has 0 saturated carbocycles. The average Bonchev–Trinajstić information content (AvgIpc) is 2.15. The number of nitrogens with zero attached hydrogens (tertiary/aromatic N) is 1. The van der Waals surface area contributed by atoms with Gasteiger partial charge in [-0.3, -0.25) is 9.59 Å². The lowest BCUT2D eigenvalue weighted by Gasteiger charge is -2.41. The van der Waals surface area contributed by atoms with Gasteiger partial charge in [0, 0.05) is 25.6 Å². The van der Waals surface area contributed by atoms with Crippen molar-refractivity contribution < 1.29 is 19.4 Å². The summed E-state index contributed by atoms with van der Waals surface area (Å²) < 4.78 is 5.14. The zero-order valence-corrected chi connectivity index (χ0v) is 9.81. The third kappa shape index (κ3) is 3.20. The molecule has 1 amide bonds. The van der Waals surface area contributed by atoms with Crippen LogP contribution in [0.1, 0.15) is 20.3 Å². The Hall–Kier alpha value is -1.10. The summed E-state index contributed by atoms with van der Waals surface area (Å²) in [6.45, 7) is 5.46. The molecule has 5 nitrogen and oxygen atoms in total. The Morgan fingerprint density at radius 1 is 1.50 bits per heavy atom. The molecule has 5 heteroatoms. The van der Waals surface area contributed by atoms with E-state index in [2.05, 4.69) is 0 Å². The van der Waals surface area contributed by atoms with Crippen LogP contribution in [0.4, 0.5) is 0 Å². The van der Waals surface area contributed by atoms with Crippen LogP contribution >= 0.6 is 0 Å². The minimum Gasteiger partial charge on any atom is -0.481 e. The molecular formula is C11H19NO4. The molecule has 1 saturated heterocycles. The van der Waals surface area contributed by atoms with Gasteiger partial charge in [-0.2, -0.15) is 0 Å². The standard InChI is InChI=1S/C11H19NO4/c1-3-4-16-7-10(13)12-5-9(6-12)8(2)11(14)15/h8-9H,3-7H2,1-2H3,(H,14,15). The highest BCUT2D eigenvalue weighted by atomic mass is 16.5. The van der Waals surface area contributed by atoms with Gasteiger partial charge in [-0.25, -0.2) is 0 Å². The predicted octanol–water partition coefficient (Wildman–Crippen LogP) is 0.592. The molecule has 0 aromatic rings. The summed E-state index contributed by atoms with van der Waals surface area (Å²) >= 11 is 0. The largest absolute Gasteiger partial charge is 0.481 e. The molecule has 1 aliphatic rings. The van der Waals surface area contributed by atoms with Crippen LogP contribution in [0.2, 0.25) is 0 Å². The van der Waals surface area contributed by atoms with E-state index >= 15 is 0 Å². The van der Waals surface area contributed by atoms with E-state index < -0.39 is 5.97 Å². The number of likely N-dealkylation sites (tertiary alicyclic amines) is 1. The molecule has 0 aromatic carbocycles. The van der Waals surface area contributed by atoms with Gasteiger partial charge >= 0.3 is 5.97 Å². The van der Waals surface area contributed by atoms with Crippen molar-refractivity contribution in [2.45, 2.75) is 20.3 Å². The summed E-state index contributed by atoms with van der Waals surface area (Å²) in [6.07, 6.45) is 0.895. The van der Waals surface area contributed by atoms with Gasteiger partial charge in [-0.05, 0) is 6.42 Å². The molecule has 1 fully saturated rings. The summed E-state index contributed by atoms with van der Waals surface area (Å²) in [5.41, 5.74) is 0. The highest BCUT2D eigenvalue weighted by Gasteiger charge is 2.36. The minimum atomic E-state index is -0.792. The van der Waals surface area contributed by atoms with Crippen LogP contribution in [0.5, 0.6) is 0 Å². The van der Waals surface area contributed by atoms with E-state index in [-0.39, 0.29) is 24.3 Å². The van der Waals surface area contributed by atoms with Crippen molar-refractivity contribution in [2.24, 2.45) is 11.8 Å². The summed E-state index contributed by atoms with van der Waals surface area (Å²) in [5, 5.41) is 8.79. The smallest absolute Gasteiger partial charge is 0.306 e. The second kappa shape index (κ2) is 5.84. The second-order valence-electron chi connectivity index (χ2n) is 4.24. The van der Waals surface area contributed by atoms with Gasteiger partial charge in [0.2, 0.25) is 5.91 Å². The molecule has 1 rings (SSSR count). The summed E-state index contributed by atoms with van der Waals surface area (Å²) in [4.78, 5) is 23.8. The number of ether oxygens (including phenoxy) is 1. The van der Waals surface area contributed by atoms with Crippen LogP contribution in [0.3, 0.4) is 0 Å². The number of amides is 1. The third-order valence-electron chi connectivity index (χ3n) is 2.93. The first-order valence-electron chi connectivity index (χ1n) is 5.64. The number of rotatable bonds is 6. The Balaban J connectivity index is 2.20. The fourth-order valence-corrected chi connectivity index (χ4v) is 1.63. The normalized spacial score (nSPS) is 18.0. The number of hydrogen-bond donors (Lipinski definition) is 1. The van der Waals surface area contributed by atoms with Crippen molar-refractivity contribution in [3.05, 3.63) is 0 Å². The van der Waals surface area contributed by atoms with Gasteiger partial charge in [-0.1, -0.05) is 13.8 Å². The first-order chi connectivity index (χ1) is 7.56. The Bertz CT molecular complexity index is 261. The number of hydrogen-bond acceptors (Lipinski definition) is 3. The van der Waals surface area contributed by atoms with Gasteiger partial charge in [0.05, 0.1) is 5.92 Å². The summed E-state index contributed by atoms with van der Waals surface area (Å²) in [7, 11) is 0. The average molecular weight is 229 g/mol. The van der Waals surface area contributed by atoms with Crippen LogP contribution in [-0.4, -0.2) is 48.2 Å². The molecule has 0 aromatic heterocycles. The van der Waals surface area contributed by atoms with Crippen LogP contribution in [0.15, 0.2) is 0 Å². The van der Waals surface area contributed by atoms with Crippen molar-refractivity contribution >= 4 is 11.9 Å². The SMILES string of the molecule is CCCOCC(=O)N1CC(C(C)C(=O)O)C1. The molecule has 0 aliphatic carbocycles. The lowest BCUT2D eigenvalue weighted by atomic mass is 9.87. The Labute approximate surface area is 95.4 Å². The van der Waals surface area contributed by atoms with E-state index in [4.69, 9.17) is 9.84 Å². The maximum Gasteiger partial charge on any atom is 0.306 e. The fraction of sp³-hybridized carbons (Fsp3) is 0.818.